The summed E-state index contributed by atoms with van der Waals surface area (Å²) < 4.78 is 1.97. The fourth-order valence-electron chi connectivity index (χ4n) is 1.26. The number of imide groups is 1. The third-order valence-corrected chi connectivity index (χ3v) is 3.16. The van der Waals surface area contributed by atoms with Gasteiger partial charge in [0.1, 0.15) is 0 Å². The summed E-state index contributed by atoms with van der Waals surface area (Å²) in [5.41, 5.74) is 4.88. The number of amides is 3. The smallest absolute Gasteiger partial charge is 0.318 e. The number of aromatic nitrogens is 2. The summed E-state index contributed by atoms with van der Waals surface area (Å²) in [5.74, 6) is -0.409. The second-order valence-corrected chi connectivity index (χ2v) is 4.82. The van der Waals surface area contributed by atoms with Gasteiger partial charge in [0.25, 0.3) is 0 Å². The number of aryl methyl sites for hydroxylation is 1. The molecule has 0 bridgehead atoms. The van der Waals surface area contributed by atoms with Gasteiger partial charge in [0.05, 0.1) is 5.25 Å². The maximum atomic E-state index is 11.5. The minimum atomic E-state index is -0.834. The van der Waals surface area contributed by atoms with Crippen LogP contribution in [0.1, 0.15) is 20.3 Å². The second kappa shape index (κ2) is 6.29. The van der Waals surface area contributed by atoms with E-state index in [1.807, 2.05) is 16.1 Å². The van der Waals surface area contributed by atoms with Gasteiger partial charge in [-0.05, 0) is 13.3 Å². The number of imidazole rings is 1. The van der Waals surface area contributed by atoms with E-state index >= 15 is 0 Å². The molecule has 94 valence electrons. The molecule has 0 aliphatic carbocycles. The summed E-state index contributed by atoms with van der Waals surface area (Å²) in [5, 5.41) is 2.40. The third-order valence-electron chi connectivity index (χ3n) is 2.04. The monoisotopic (exact) mass is 256 g/mol. The Morgan fingerprint density at radius 3 is 2.94 bits per heavy atom. The fourth-order valence-corrected chi connectivity index (χ4v) is 2.15. The molecule has 0 aliphatic rings. The van der Waals surface area contributed by atoms with Crippen molar-refractivity contribution in [3.05, 3.63) is 12.4 Å². The Morgan fingerprint density at radius 1 is 1.65 bits per heavy atom. The number of nitrogens with two attached hydrogens (primary N) is 1. The van der Waals surface area contributed by atoms with Crippen molar-refractivity contribution >= 4 is 23.7 Å². The molecule has 3 amide bonds. The summed E-state index contributed by atoms with van der Waals surface area (Å²) in [6, 6.07) is -0.834. The molecule has 1 heterocycles. The normalized spacial score (nSPS) is 12.1. The molecule has 0 unspecified atom stereocenters. The van der Waals surface area contributed by atoms with E-state index in [0.29, 0.717) is 0 Å². The van der Waals surface area contributed by atoms with E-state index in [9.17, 15) is 9.59 Å². The molecular formula is C10H16N4O2S. The molecule has 1 atom stereocenters. The number of hydrogen-bond donors (Lipinski definition) is 2. The van der Waals surface area contributed by atoms with Crippen LogP contribution in [0.15, 0.2) is 17.6 Å². The van der Waals surface area contributed by atoms with Crippen LogP contribution in [-0.4, -0.2) is 26.7 Å². The largest absolute Gasteiger partial charge is 0.351 e. The molecule has 3 N–H and O–H groups in total. The van der Waals surface area contributed by atoms with Crippen LogP contribution in [0, 0.1) is 0 Å². The van der Waals surface area contributed by atoms with E-state index in [1.165, 1.54) is 11.8 Å². The van der Waals surface area contributed by atoms with Gasteiger partial charge >= 0.3 is 6.03 Å². The van der Waals surface area contributed by atoms with E-state index in [2.05, 4.69) is 11.9 Å². The lowest BCUT2D eigenvalue weighted by atomic mass is 10.4. The Labute approximate surface area is 104 Å². The average molecular weight is 256 g/mol. The first-order valence-corrected chi connectivity index (χ1v) is 6.20. The van der Waals surface area contributed by atoms with Crippen molar-refractivity contribution in [1.82, 2.24) is 14.9 Å². The van der Waals surface area contributed by atoms with Gasteiger partial charge in [0, 0.05) is 18.9 Å². The number of hydrogen-bond acceptors (Lipinski definition) is 4. The van der Waals surface area contributed by atoms with Crippen LogP contribution >= 0.6 is 11.8 Å². The highest BCUT2D eigenvalue weighted by molar-refractivity contribution is 8.00. The van der Waals surface area contributed by atoms with Crippen LogP contribution in [0.5, 0.6) is 0 Å². The summed E-state index contributed by atoms with van der Waals surface area (Å²) in [4.78, 5) is 26.2. The van der Waals surface area contributed by atoms with Gasteiger partial charge in [-0.15, -0.1) is 0 Å². The topological polar surface area (TPSA) is 90.0 Å². The fraction of sp³-hybridized carbons (Fsp3) is 0.500. The molecule has 0 aromatic carbocycles. The predicted molar refractivity (Wildman–Crippen MR) is 65.6 cm³/mol. The minimum absolute atomic E-state index is 0.409. The quantitative estimate of drug-likeness (QED) is 0.768. The lowest BCUT2D eigenvalue weighted by Gasteiger charge is -2.10. The van der Waals surface area contributed by atoms with Crippen LogP contribution in [-0.2, 0) is 11.3 Å². The van der Waals surface area contributed by atoms with E-state index in [1.54, 1.807) is 13.1 Å². The van der Waals surface area contributed by atoms with E-state index < -0.39 is 17.2 Å². The number of nitrogens with zero attached hydrogens (tertiary/aromatic N) is 2. The van der Waals surface area contributed by atoms with E-state index in [-0.39, 0.29) is 0 Å². The summed E-state index contributed by atoms with van der Waals surface area (Å²) in [7, 11) is 0. The molecule has 17 heavy (non-hydrogen) atoms. The van der Waals surface area contributed by atoms with Crippen LogP contribution < -0.4 is 11.1 Å². The molecule has 6 nitrogen and oxygen atoms in total. The lowest BCUT2D eigenvalue weighted by molar-refractivity contribution is -0.119. The van der Waals surface area contributed by atoms with E-state index in [4.69, 9.17) is 5.73 Å². The van der Waals surface area contributed by atoms with Crippen molar-refractivity contribution < 1.29 is 9.59 Å². The Kier molecular flexibility index (Phi) is 5.02. The number of carbonyl (C=O) groups excluding carboxylic acids is 2. The van der Waals surface area contributed by atoms with Crippen molar-refractivity contribution in [1.29, 1.82) is 0 Å². The third kappa shape index (κ3) is 4.10. The molecule has 1 aromatic rings. The predicted octanol–water partition coefficient (Wildman–Crippen LogP) is 0.969. The molecule has 0 fully saturated rings. The zero-order valence-corrected chi connectivity index (χ0v) is 10.7. The van der Waals surface area contributed by atoms with Crippen LogP contribution in [0.25, 0.3) is 0 Å². The number of primary amides is 1. The first-order chi connectivity index (χ1) is 8.04. The second-order valence-electron chi connectivity index (χ2n) is 3.52. The number of nitrogens with one attached hydrogen (secondary N) is 1. The molecule has 0 saturated heterocycles. The average Bonchev–Trinajstić information content (AvgIpc) is 2.65. The van der Waals surface area contributed by atoms with Gasteiger partial charge in [-0.1, -0.05) is 18.7 Å². The maximum absolute atomic E-state index is 11.5. The number of urea groups is 1. The van der Waals surface area contributed by atoms with Crippen molar-refractivity contribution in [2.45, 2.75) is 37.2 Å². The van der Waals surface area contributed by atoms with Crippen LogP contribution in [0.3, 0.4) is 0 Å². The number of thioether (sulfide) groups is 1. The SMILES string of the molecule is CCCn1ccnc1S[C@H](C)C(=O)NC(N)=O. The van der Waals surface area contributed by atoms with Gasteiger partial charge in [0.2, 0.25) is 5.91 Å². The Hall–Kier alpha value is -1.50. The zero-order valence-electron chi connectivity index (χ0n) is 9.84. The number of rotatable bonds is 5. The highest BCUT2D eigenvalue weighted by atomic mass is 32.2. The van der Waals surface area contributed by atoms with Crippen LogP contribution in [0.4, 0.5) is 4.79 Å². The van der Waals surface area contributed by atoms with Gasteiger partial charge < -0.3 is 10.3 Å². The van der Waals surface area contributed by atoms with Crippen molar-refractivity contribution in [2.24, 2.45) is 5.73 Å². The van der Waals surface area contributed by atoms with Crippen LogP contribution in [0.2, 0.25) is 0 Å². The van der Waals surface area contributed by atoms with Crippen molar-refractivity contribution in [3.63, 3.8) is 0 Å². The van der Waals surface area contributed by atoms with Gasteiger partial charge in [-0.25, -0.2) is 9.78 Å². The highest BCUT2D eigenvalue weighted by Crippen LogP contribution is 2.21. The first kappa shape index (κ1) is 13.6. The summed E-state index contributed by atoms with van der Waals surface area (Å²) in [6.07, 6.45) is 4.55. The van der Waals surface area contributed by atoms with Crippen molar-refractivity contribution in [2.75, 3.05) is 0 Å². The van der Waals surface area contributed by atoms with E-state index in [0.717, 1.165) is 18.1 Å². The molecule has 0 saturated carbocycles. The summed E-state index contributed by atoms with van der Waals surface area (Å²) in [6.45, 7) is 4.62. The first-order valence-electron chi connectivity index (χ1n) is 5.32. The molecule has 7 heteroatoms. The molecule has 1 aromatic heterocycles. The minimum Gasteiger partial charge on any atom is -0.351 e. The zero-order chi connectivity index (χ0) is 12.8. The van der Waals surface area contributed by atoms with Crippen molar-refractivity contribution in [3.8, 4) is 0 Å². The summed E-state index contributed by atoms with van der Waals surface area (Å²) >= 11 is 1.30. The highest BCUT2D eigenvalue weighted by Gasteiger charge is 2.18. The molecule has 0 aliphatic heterocycles. The Balaban J connectivity index is 2.60. The Bertz CT molecular complexity index is 405. The molecule has 0 spiro atoms. The standard InChI is InChI=1S/C10H16N4O2S/c1-3-5-14-6-4-12-10(14)17-7(2)8(15)13-9(11)16/h4,6-7H,3,5H2,1-2H3,(H3,11,13,15,16)/t7-/m1/s1. The molecule has 1 rings (SSSR count). The maximum Gasteiger partial charge on any atom is 0.318 e. The van der Waals surface area contributed by atoms with Gasteiger partial charge in [-0.3, -0.25) is 10.1 Å². The lowest BCUT2D eigenvalue weighted by Crippen LogP contribution is -2.39. The number of carbonyl (C=O) groups is 2. The molecule has 0 radical (unpaired) electrons. The van der Waals surface area contributed by atoms with Gasteiger partial charge in [0.15, 0.2) is 5.16 Å². The Morgan fingerprint density at radius 2 is 2.35 bits per heavy atom. The van der Waals surface area contributed by atoms with Gasteiger partial charge in [-0.2, -0.15) is 0 Å². The molecular weight excluding hydrogens is 240 g/mol.